The van der Waals surface area contributed by atoms with Gasteiger partial charge in [-0.1, -0.05) is 257 Å². The molecule has 0 aromatic rings. The summed E-state index contributed by atoms with van der Waals surface area (Å²) in [6.45, 7) is 4.93. The van der Waals surface area contributed by atoms with Crippen LogP contribution >= 0.6 is 0 Å². The Morgan fingerprint density at radius 3 is 1.15 bits per heavy atom. The molecule has 0 rings (SSSR count). The third-order valence-corrected chi connectivity index (χ3v) is 13.1. The highest BCUT2D eigenvalue weighted by molar-refractivity contribution is 5.76. The molecule has 0 aromatic heterocycles. The predicted octanol–water partition coefficient (Wildman–Crippen LogP) is 16.9. The highest BCUT2D eigenvalue weighted by Gasteiger charge is 2.20. The minimum absolute atomic E-state index is 0.00814. The van der Waals surface area contributed by atoms with Crippen LogP contribution in [-0.2, 0) is 14.3 Å². The number of hydrogen-bond acceptors (Lipinski definition) is 5. The van der Waals surface area contributed by atoms with E-state index in [1.807, 2.05) is 0 Å². The van der Waals surface area contributed by atoms with Crippen molar-refractivity contribution in [2.75, 3.05) is 13.2 Å². The highest BCUT2D eigenvalue weighted by atomic mass is 16.5. The van der Waals surface area contributed by atoms with Gasteiger partial charge in [-0.15, -0.1) is 0 Å². The quantitative estimate of drug-likeness (QED) is 0.0321. The highest BCUT2D eigenvalue weighted by Crippen LogP contribution is 2.17. The van der Waals surface area contributed by atoms with Gasteiger partial charge in [0.2, 0.25) is 5.91 Å². The van der Waals surface area contributed by atoms with Crippen molar-refractivity contribution in [3.05, 3.63) is 12.2 Å². The van der Waals surface area contributed by atoms with Crippen LogP contribution in [0.3, 0.4) is 0 Å². The first-order valence-electron chi connectivity index (χ1n) is 27.9. The first-order valence-corrected chi connectivity index (χ1v) is 27.9. The van der Waals surface area contributed by atoms with E-state index in [1.54, 1.807) is 0 Å². The Bertz CT molecular complexity index is 924. The molecule has 6 nitrogen and oxygen atoms in total. The van der Waals surface area contributed by atoms with Gasteiger partial charge in [0, 0.05) is 12.8 Å². The number of hydrogen-bond donors (Lipinski definition) is 3. The van der Waals surface area contributed by atoms with Crippen molar-refractivity contribution in [1.82, 2.24) is 5.32 Å². The topological polar surface area (TPSA) is 95.9 Å². The van der Waals surface area contributed by atoms with Crippen molar-refractivity contribution in [2.24, 2.45) is 0 Å². The molecule has 62 heavy (non-hydrogen) atoms. The summed E-state index contributed by atoms with van der Waals surface area (Å²) in [4.78, 5) is 24.5. The summed E-state index contributed by atoms with van der Waals surface area (Å²) in [5, 5.41) is 23.2. The van der Waals surface area contributed by atoms with Crippen molar-refractivity contribution in [3.63, 3.8) is 0 Å². The van der Waals surface area contributed by atoms with Crippen molar-refractivity contribution < 1.29 is 24.5 Å². The molecule has 0 aliphatic heterocycles. The van der Waals surface area contributed by atoms with E-state index in [1.165, 1.54) is 225 Å². The van der Waals surface area contributed by atoms with Crippen LogP contribution in [0.5, 0.6) is 0 Å². The molecule has 0 radical (unpaired) electrons. The zero-order valence-corrected chi connectivity index (χ0v) is 41.9. The summed E-state index contributed by atoms with van der Waals surface area (Å²) >= 11 is 0. The number of amides is 1. The van der Waals surface area contributed by atoms with Crippen molar-refractivity contribution in [1.29, 1.82) is 0 Å². The Morgan fingerprint density at radius 1 is 0.435 bits per heavy atom. The summed E-state index contributed by atoms with van der Waals surface area (Å²) in [5.41, 5.74) is 0. The summed E-state index contributed by atoms with van der Waals surface area (Å²) in [7, 11) is 0. The number of ether oxygens (including phenoxy) is 1. The van der Waals surface area contributed by atoms with E-state index in [0.717, 1.165) is 51.4 Å². The van der Waals surface area contributed by atoms with Gasteiger partial charge in [0.05, 0.1) is 25.4 Å². The Balaban J connectivity index is 3.43. The lowest BCUT2D eigenvalue weighted by Gasteiger charge is -2.22. The summed E-state index contributed by atoms with van der Waals surface area (Å²) in [6.07, 6.45) is 60.4. The Hall–Kier alpha value is -1.40. The molecule has 0 saturated carbocycles. The minimum atomic E-state index is -0.672. The second-order valence-corrected chi connectivity index (χ2v) is 19.3. The Morgan fingerprint density at radius 2 is 0.758 bits per heavy atom. The molecule has 0 saturated heterocycles. The molecule has 0 aliphatic rings. The van der Waals surface area contributed by atoms with E-state index in [9.17, 15) is 19.8 Å². The van der Waals surface area contributed by atoms with Crippen LogP contribution in [0, 0.1) is 0 Å². The maximum Gasteiger partial charge on any atom is 0.305 e. The fourth-order valence-electron chi connectivity index (χ4n) is 8.75. The fraction of sp³-hybridized carbons (Fsp3) is 0.929. The number of aliphatic hydroxyl groups excluding tert-OH is 2. The molecule has 2 atom stereocenters. The number of nitrogens with one attached hydrogen (secondary N) is 1. The molecule has 2 unspecified atom stereocenters. The number of carbonyl (C=O) groups is 2. The number of esters is 1. The third kappa shape index (κ3) is 48.1. The van der Waals surface area contributed by atoms with Crippen LogP contribution in [0.15, 0.2) is 12.2 Å². The minimum Gasteiger partial charge on any atom is -0.466 e. The molecule has 1 amide bonds. The van der Waals surface area contributed by atoms with Crippen molar-refractivity contribution in [2.45, 2.75) is 321 Å². The molecule has 0 spiro atoms. The first kappa shape index (κ1) is 60.6. The second kappa shape index (κ2) is 52.2. The van der Waals surface area contributed by atoms with Gasteiger partial charge < -0.3 is 20.3 Å². The lowest BCUT2D eigenvalue weighted by Crippen LogP contribution is -2.45. The van der Waals surface area contributed by atoms with Gasteiger partial charge in [0.1, 0.15) is 0 Å². The average molecular weight is 876 g/mol. The van der Waals surface area contributed by atoms with Gasteiger partial charge in [-0.2, -0.15) is 0 Å². The van der Waals surface area contributed by atoms with E-state index >= 15 is 0 Å². The van der Waals surface area contributed by atoms with Gasteiger partial charge in [0.25, 0.3) is 0 Å². The van der Waals surface area contributed by atoms with Crippen LogP contribution in [0.4, 0.5) is 0 Å². The van der Waals surface area contributed by atoms with E-state index in [-0.39, 0.29) is 18.5 Å². The zero-order valence-electron chi connectivity index (χ0n) is 41.9. The fourth-order valence-corrected chi connectivity index (χ4v) is 8.75. The second-order valence-electron chi connectivity index (χ2n) is 19.3. The number of allylic oxidation sites excluding steroid dienone is 2. The Kier molecular flexibility index (Phi) is 51.0. The number of rotatable bonds is 52. The van der Waals surface area contributed by atoms with Crippen molar-refractivity contribution >= 4 is 11.9 Å². The molecule has 6 heteroatoms. The SMILES string of the molecule is CCCCCCCC/C=C\CCCCCCCCCC(=O)OCCCCCCCCCCCCCCCC(=O)NC(CO)C(O)CCCCCCCCCCCCCCCCC. The lowest BCUT2D eigenvalue weighted by atomic mass is 10.0. The predicted molar refractivity (Wildman–Crippen MR) is 269 cm³/mol. The standard InChI is InChI=1S/C56H109NO5/c1-3-5-7-9-11-13-15-17-19-20-22-26-30-34-38-42-46-50-56(61)62-51-47-43-39-35-31-27-23-25-29-33-37-41-45-49-55(60)57-53(52-58)54(59)48-44-40-36-32-28-24-21-18-16-14-12-10-8-6-4-2/h17,19,53-54,58-59H,3-16,18,20-52H2,1-2H3,(H,57,60)/b19-17-. The molecular weight excluding hydrogens is 767 g/mol. The summed E-state index contributed by atoms with van der Waals surface area (Å²) < 4.78 is 5.47. The average Bonchev–Trinajstić information content (AvgIpc) is 3.27. The van der Waals surface area contributed by atoms with E-state index in [4.69, 9.17) is 4.74 Å². The number of carbonyl (C=O) groups excluding carboxylic acids is 2. The van der Waals surface area contributed by atoms with Crippen LogP contribution in [-0.4, -0.2) is 47.4 Å². The van der Waals surface area contributed by atoms with Gasteiger partial charge in [-0.05, 0) is 51.4 Å². The van der Waals surface area contributed by atoms with Crippen LogP contribution < -0.4 is 5.32 Å². The maximum atomic E-state index is 12.5. The molecule has 0 bridgehead atoms. The number of aliphatic hydroxyl groups is 2. The van der Waals surface area contributed by atoms with Gasteiger partial charge in [0.15, 0.2) is 0 Å². The van der Waals surface area contributed by atoms with E-state index in [2.05, 4.69) is 31.3 Å². The molecule has 0 heterocycles. The van der Waals surface area contributed by atoms with Crippen LogP contribution in [0.2, 0.25) is 0 Å². The third-order valence-electron chi connectivity index (χ3n) is 13.1. The molecule has 0 aliphatic carbocycles. The zero-order chi connectivity index (χ0) is 45.1. The van der Waals surface area contributed by atoms with Gasteiger partial charge in [-0.25, -0.2) is 0 Å². The molecule has 0 aromatic carbocycles. The molecule has 0 fully saturated rings. The summed E-state index contributed by atoms with van der Waals surface area (Å²) in [5.74, 6) is -0.0543. The summed E-state index contributed by atoms with van der Waals surface area (Å²) in [6, 6.07) is -0.550. The van der Waals surface area contributed by atoms with E-state index < -0.39 is 12.1 Å². The van der Waals surface area contributed by atoms with Crippen LogP contribution in [0.1, 0.15) is 309 Å². The number of unbranched alkanes of at least 4 members (excludes halogenated alkanes) is 39. The van der Waals surface area contributed by atoms with Crippen LogP contribution in [0.25, 0.3) is 0 Å². The molecule has 368 valence electrons. The largest absolute Gasteiger partial charge is 0.466 e. The lowest BCUT2D eigenvalue weighted by molar-refractivity contribution is -0.143. The van der Waals surface area contributed by atoms with Gasteiger partial charge >= 0.3 is 5.97 Å². The molecular formula is C56H109NO5. The normalized spacial score (nSPS) is 12.6. The van der Waals surface area contributed by atoms with Gasteiger partial charge in [-0.3, -0.25) is 9.59 Å². The monoisotopic (exact) mass is 876 g/mol. The first-order chi connectivity index (χ1) is 30.5. The van der Waals surface area contributed by atoms with Crippen molar-refractivity contribution in [3.8, 4) is 0 Å². The molecule has 3 N–H and O–H groups in total. The Labute approximate surface area is 387 Å². The smallest absolute Gasteiger partial charge is 0.305 e. The maximum absolute atomic E-state index is 12.5. The van der Waals surface area contributed by atoms with E-state index in [0.29, 0.717) is 25.9 Å².